The zero-order valence-corrected chi connectivity index (χ0v) is 8.51. The second kappa shape index (κ2) is 3.19. The molecule has 1 atom stereocenters. The number of rotatable bonds is 1. The fourth-order valence-corrected chi connectivity index (χ4v) is 2.01. The van der Waals surface area contributed by atoms with Crippen LogP contribution in [0.4, 0.5) is 0 Å². The molecular weight excluding hydrogens is 180 g/mol. The standard InChI is InChI=1S/C12H13Cl/c1-12(8-2-3-9-12)10-4-6-11(13)7-5-10/h2,4-8H,3,9H2,1H3/t12-/m0/s1. The molecule has 1 aromatic carbocycles. The van der Waals surface area contributed by atoms with Crippen molar-refractivity contribution in [2.75, 3.05) is 0 Å². The van der Waals surface area contributed by atoms with Gasteiger partial charge in [0, 0.05) is 10.4 Å². The highest BCUT2D eigenvalue weighted by molar-refractivity contribution is 6.30. The molecule has 0 N–H and O–H groups in total. The Kier molecular flexibility index (Phi) is 2.17. The molecule has 1 aliphatic rings. The summed E-state index contributed by atoms with van der Waals surface area (Å²) < 4.78 is 0. The van der Waals surface area contributed by atoms with Gasteiger partial charge in [-0.1, -0.05) is 42.8 Å². The van der Waals surface area contributed by atoms with Crippen LogP contribution in [0.3, 0.4) is 0 Å². The van der Waals surface area contributed by atoms with Crippen LogP contribution in [0.1, 0.15) is 25.3 Å². The predicted molar refractivity (Wildman–Crippen MR) is 57.2 cm³/mol. The lowest BCUT2D eigenvalue weighted by atomic mass is 9.82. The van der Waals surface area contributed by atoms with Gasteiger partial charge in [-0.3, -0.25) is 0 Å². The minimum absolute atomic E-state index is 0.241. The summed E-state index contributed by atoms with van der Waals surface area (Å²) >= 11 is 5.85. The topological polar surface area (TPSA) is 0 Å². The summed E-state index contributed by atoms with van der Waals surface area (Å²) in [5.41, 5.74) is 1.61. The maximum absolute atomic E-state index is 5.85. The van der Waals surface area contributed by atoms with Crippen molar-refractivity contribution in [2.24, 2.45) is 0 Å². The van der Waals surface area contributed by atoms with Gasteiger partial charge in [0.25, 0.3) is 0 Å². The summed E-state index contributed by atoms with van der Waals surface area (Å²) in [4.78, 5) is 0. The van der Waals surface area contributed by atoms with Crippen LogP contribution < -0.4 is 0 Å². The Bertz CT molecular complexity index is 323. The number of hydrogen-bond donors (Lipinski definition) is 0. The molecule has 0 saturated carbocycles. The first kappa shape index (κ1) is 8.83. The van der Waals surface area contributed by atoms with E-state index in [1.165, 1.54) is 18.4 Å². The van der Waals surface area contributed by atoms with Gasteiger partial charge in [-0.05, 0) is 30.5 Å². The molecule has 0 radical (unpaired) electrons. The summed E-state index contributed by atoms with van der Waals surface area (Å²) in [6.45, 7) is 2.28. The van der Waals surface area contributed by atoms with Crippen LogP contribution in [0.2, 0.25) is 5.02 Å². The highest BCUT2D eigenvalue weighted by Gasteiger charge is 2.25. The van der Waals surface area contributed by atoms with Gasteiger partial charge in [0.2, 0.25) is 0 Å². The third kappa shape index (κ3) is 1.64. The van der Waals surface area contributed by atoms with E-state index in [1.807, 2.05) is 12.1 Å². The largest absolute Gasteiger partial charge is 0.0876 e. The second-order valence-electron chi connectivity index (χ2n) is 3.87. The van der Waals surface area contributed by atoms with Gasteiger partial charge in [-0.25, -0.2) is 0 Å². The monoisotopic (exact) mass is 192 g/mol. The summed E-state index contributed by atoms with van der Waals surface area (Å²) in [7, 11) is 0. The zero-order valence-electron chi connectivity index (χ0n) is 7.76. The Morgan fingerprint density at radius 3 is 2.46 bits per heavy atom. The Labute approximate surface area is 84.2 Å². The lowest BCUT2D eigenvalue weighted by molar-refractivity contribution is 0.579. The summed E-state index contributed by atoms with van der Waals surface area (Å²) in [6.07, 6.45) is 6.97. The SMILES string of the molecule is C[C@]1(c2ccc(Cl)cc2)C=CCC1. The van der Waals surface area contributed by atoms with Gasteiger partial charge in [0.1, 0.15) is 0 Å². The molecule has 1 aliphatic carbocycles. The third-order valence-corrected chi connectivity index (χ3v) is 3.07. The van der Waals surface area contributed by atoms with Crippen molar-refractivity contribution in [1.29, 1.82) is 0 Å². The molecule has 0 nitrogen and oxygen atoms in total. The lowest BCUT2D eigenvalue weighted by Crippen LogP contribution is -2.14. The van der Waals surface area contributed by atoms with E-state index in [1.54, 1.807) is 0 Å². The highest BCUT2D eigenvalue weighted by atomic mass is 35.5. The Balaban J connectivity index is 2.35. The van der Waals surface area contributed by atoms with E-state index in [2.05, 4.69) is 31.2 Å². The van der Waals surface area contributed by atoms with E-state index < -0.39 is 0 Å². The second-order valence-corrected chi connectivity index (χ2v) is 4.30. The van der Waals surface area contributed by atoms with E-state index in [4.69, 9.17) is 11.6 Å². The molecule has 0 amide bonds. The van der Waals surface area contributed by atoms with Gasteiger partial charge < -0.3 is 0 Å². The molecule has 2 rings (SSSR count). The number of hydrogen-bond acceptors (Lipinski definition) is 0. The van der Waals surface area contributed by atoms with Crippen LogP contribution in [-0.4, -0.2) is 0 Å². The van der Waals surface area contributed by atoms with Gasteiger partial charge in [-0.15, -0.1) is 0 Å². The normalized spacial score (nSPS) is 26.6. The van der Waals surface area contributed by atoms with Crippen molar-refractivity contribution < 1.29 is 0 Å². The lowest BCUT2D eigenvalue weighted by Gasteiger charge is -2.22. The maximum atomic E-state index is 5.85. The van der Waals surface area contributed by atoms with Crippen LogP contribution >= 0.6 is 11.6 Å². The molecule has 0 aliphatic heterocycles. The van der Waals surface area contributed by atoms with Crippen molar-refractivity contribution in [2.45, 2.75) is 25.2 Å². The molecule has 0 saturated heterocycles. The van der Waals surface area contributed by atoms with Crippen LogP contribution in [0.15, 0.2) is 36.4 Å². The van der Waals surface area contributed by atoms with E-state index in [0.717, 1.165) is 5.02 Å². The Morgan fingerprint density at radius 2 is 1.92 bits per heavy atom. The van der Waals surface area contributed by atoms with Crippen molar-refractivity contribution in [3.63, 3.8) is 0 Å². The Hall–Kier alpha value is -0.750. The fraction of sp³-hybridized carbons (Fsp3) is 0.333. The van der Waals surface area contributed by atoms with Gasteiger partial charge >= 0.3 is 0 Å². The quantitative estimate of drug-likeness (QED) is 0.592. The van der Waals surface area contributed by atoms with Crippen molar-refractivity contribution in [1.82, 2.24) is 0 Å². The average molecular weight is 193 g/mol. The van der Waals surface area contributed by atoms with Crippen molar-refractivity contribution >= 4 is 11.6 Å². The van der Waals surface area contributed by atoms with E-state index in [0.29, 0.717) is 0 Å². The van der Waals surface area contributed by atoms with Crippen LogP contribution in [-0.2, 0) is 5.41 Å². The molecule has 1 aromatic rings. The smallest absolute Gasteiger partial charge is 0.0406 e. The first-order chi connectivity index (χ1) is 6.21. The molecule has 0 heterocycles. The molecule has 0 spiro atoms. The molecule has 1 heteroatoms. The summed E-state index contributed by atoms with van der Waals surface area (Å²) in [6, 6.07) is 8.18. The van der Waals surface area contributed by atoms with Crippen LogP contribution in [0.25, 0.3) is 0 Å². The number of allylic oxidation sites excluding steroid dienone is 2. The molecular formula is C12H13Cl. The van der Waals surface area contributed by atoms with Crippen LogP contribution in [0, 0.1) is 0 Å². The van der Waals surface area contributed by atoms with E-state index in [-0.39, 0.29) is 5.41 Å². The molecule has 0 aromatic heterocycles. The van der Waals surface area contributed by atoms with E-state index >= 15 is 0 Å². The van der Waals surface area contributed by atoms with Crippen LogP contribution in [0.5, 0.6) is 0 Å². The molecule has 13 heavy (non-hydrogen) atoms. The van der Waals surface area contributed by atoms with E-state index in [9.17, 15) is 0 Å². The summed E-state index contributed by atoms with van der Waals surface area (Å²) in [5.74, 6) is 0. The molecule has 68 valence electrons. The minimum atomic E-state index is 0.241. The highest BCUT2D eigenvalue weighted by Crippen LogP contribution is 2.35. The van der Waals surface area contributed by atoms with Crippen molar-refractivity contribution in [3.8, 4) is 0 Å². The number of halogens is 1. The van der Waals surface area contributed by atoms with Gasteiger partial charge in [0.05, 0.1) is 0 Å². The molecule has 0 bridgehead atoms. The molecule has 0 unspecified atom stereocenters. The third-order valence-electron chi connectivity index (χ3n) is 2.82. The Morgan fingerprint density at radius 1 is 1.23 bits per heavy atom. The van der Waals surface area contributed by atoms with Gasteiger partial charge in [0.15, 0.2) is 0 Å². The predicted octanol–water partition coefficient (Wildman–Crippen LogP) is 3.95. The zero-order chi connectivity index (χ0) is 9.31. The number of benzene rings is 1. The first-order valence-corrected chi connectivity index (χ1v) is 5.02. The molecule has 0 fully saturated rings. The van der Waals surface area contributed by atoms with Crippen molar-refractivity contribution in [3.05, 3.63) is 47.0 Å². The average Bonchev–Trinajstić information content (AvgIpc) is 2.54. The maximum Gasteiger partial charge on any atom is 0.0406 e. The van der Waals surface area contributed by atoms with Gasteiger partial charge in [-0.2, -0.15) is 0 Å². The fourth-order valence-electron chi connectivity index (χ4n) is 1.88. The first-order valence-electron chi connectivity index (χ1n) is 4.64. The minimum Gasteiger partial charge on any atom is -0.0876 e. The summed E-state index contributed by atoms with van der Waals surface area (Å²) in [5, 5.41) is 0.814.